The third-order valence-corrected chi connectivity index (χ3v) is 6.54. The number of aliphatic carboxylic acids is 1. The monoisotopic (exact) mass is 479 g/mol. The van der Waals surface area contributed by atoms with E-state index in [1.54, 1.807) is 16.7 Å². The van der Waals surface area contributed by atoms with Crippen LogP contribution in [-0.2, 0) is 17.9 Å². The van der Waals surface area contributed by atoms with Gasteiger partial charge in [0.1, 0.15) is 17.5 Å². The first kappa shape index (κ1) is 23.5. The molecule has 2 fully saturated rings. The molecule has 5 heterocycles. The first-order chi connectivity index (χ1) is 15.7. The smallest absolute Gasteiger partial charge is 0.300 e. The Kier molecular flexibility index (Phi) is 6.90. The van der Waals surface area contributed by atoms with E-state index in [0.29, 0.717) is 37.2 Å². The molecule has 0 radical (unpaired) electrons. The van der Waals surface area contributed by atoms with Gasteiger partial charge in [0.25, 0.3) is 17.4 Å². The van der Waals surface area contributed by atoms with Gasteiger partial charge in [0, 0.05) is 44.7 Å². The van der Waals surface area contributed by atoms with Gasteiger partial charge in [0.2, 0.25) is 0 Å². The average molecular weight is 480 g/mol. The molecule has 2 bridgehead atoms. The summed E-state index contributed by atoms with van der Waals surface area (Å²) in [6.07, 6.45) is 0.394. The summed E-state index contributed by atoms with van der Waals surface area (Å²) < 4.78 is 20.7. The molecule has 5 rings (SSSR count). The van der Waals surface area contributed by atoms with E-state index in [-0.39, 0.29) is 29.5 Å². The van der Waals surface area contributed by atoms with Crippen molar-refractivity contribution >= 4 is 23.5 Å². The summed E-state index contributed by atoms with van der Waals surface area (Å²) in [5, 5.41) is 7.81. The van der Waals surface area contributed by atoms with Gasteiger partial charge >= 0.3 is 0 Å². The van der Waals surface area contributed by atoms with Crippen LogP contribution in [0.5, 0.6) is 0 Å². The Hall–Kier alpha value is -2.65. The molecule has 3 atom stereocenters. The summed E-state index contributed by atoms with van der Waals surface area (Å²) in [7, 11) is 0. The highest BCUT2D eigenvalue weighted by atomic mass is 35.5. The van der Waals surface area contributed by atoms with Crippen LogP contribution in [0.25, 0.3) is 0 Å². The molecule has 178 valence electrons. The zero-order valence-corrected chi connectivity index (χ0v) is 19.1. The number of piperidine rings is 1. The van der Waals surface area contributed by atoms with Crippen molar-refractivity contribution in [2.45, 2.75) is 44.9 Å². The van der Waals surface area contributed by atoms with E-state index < -0.39 is 12.1 Å². The van der Waals surface area contributed by atoms with Crippen molar-refractivity contribution < 1.29 is 23.5 Å². The van der Waals surface area contributed by atoms with Crippen LogP contribution in [0.15, 0.2) is 33.5 Å². The Morgan fingerprint density at radius 1 is 1.18 bits per heavy atom. The minimum Gasteiger partial charge on any atom is -0.481 e. The molecule has 0 saturated carbocycles. The number of aromatic nitrogens is 1. The fourth-order valence-electron chi connectivity index (χ4n) is 5.07. The van der Waals surface area contributed by atoms with Crippen LogP contribution >= 0.6 is 11.6 Å². The number of fused-ring (bicyclic) bond motifs is 4. The van der Waals surface area contributed by atoms with E-state index in [1.165, 1.54) is 4.90 Å². The number of alkyl halides is 1. The predicted octanol–water partition coefficient (Wildman–Crippen LogP) is 2.99. The number of carboxylic acids is 1. The van der Waals surface area contributed by atoms with Crippen LogP contribution in [0, 0.1) is 5.92 Å². The lowest BCUT2D eigenvalue weighted by Crippen LogP contribution is -2.47. The molecule has 2 saturated heterocycles. The van der Waals surface area contributed by atoms with Crippen molar-refractivity contribution in [2.75, 3.05) is 26.2 Å². The molecular formula is C23H27ClFN3O5. The highest BCUT2D eigenvalue weighted by molar-refractivity contribution is 6.28. The minimum absolute atomic E-state index is 0.0804. The van der Waals surface area contributed by atoms with Crippen LogP contribution < -0.4 is 5.56 Å². The van der Waals surface area contributed by atoms with E-state index in [4.69, 9.17) is 25.9 Å². The van der Waals surface area contributed by atoms with Crippen molar-refractivity contribution in [1.82, 2.24) is 14.4 Å². The lowest BCUT2D eigenvalue weighted by Gasteiger charge is -2.42. The minimum atomic E-state index is -0.992. The van der Waals surface area contributed by atoms with Crippen molar-refractivity contribution in [2.24, 2.45) is 5.92 Å². The number of hydrogen-bond donors (Lipinski definition) is 1. The van der Waals surface area contributed by atoms with Crippen molar-refractivity contribution in [3.05, 3.63) is 56.9 Å². The van der Waals surface area contributed by atoms with E-state index in [9.17, 15) is 14.0 Å². The maximum absolute atomic E-state index is 13.5. The van der Waals surface area contributed by atoms with Gasteiger partial charge in [0.05, 0.1) is 13.1 Å². The first-order valence-corrected chi connectivity index (χ1v) is 11.4. The number of hydrogen-bond acceptors (Lipinski definition) is 5. The molecule has 1 amide bonds. The van der Waals surface area contributed by atoms with E-state index in [1.807, 2.05) is 12.1 Å². The van der Waals surface area contributed by atoms with Gasteiger partial charge in [-0.2, -0.15) is 0 Å². The first-order valence-electron chi connectivity index (χ1n) is 11.0. The third-order valence-electron chi connectivity index (χ3n) is 6.34. The van der Waals surface area contributed by atoms with Gasteiger partial charge in [-0.05, 0) is 54.6 Å². The standard InChI is InChI=1S/C21H23ClFN3O3.C2H4O2/c22-19-4-1-16(29-19)12-24-8-13-7-14(10-24)18-3-2-17(21(28)26(18)9-13)20(27)25-6-5-15(23)11-25;1-2(3)4/h1-4,13-15H,5-12H2;1H3,(H,3,4)/t13-,14+,15+;/m0./s1. The fraction of sp³-hybridized carbons (Fsp3) is 0.522. The molecule has 0 aliphatic carbocycles. The fourth-order valence-corrected chi connectivity index (χ4v) is 5.23. The lowest BCUT2D eigenvalue weighted by molar-refractivity contribution is -0.134. The molecule has 33 heavy (non-hydrogen) atoms. The van der Waals surface area contributed by atoms with E-state index in [2.05, 4.69) is 4.90 Å². The predicted molar refractivity (Wildman–Crippen MR) is 119 cm³/mol. The van der Waals surface area contributed by atoms with Gasteiger partial charge in [-0.15, -0.1) is 0 Å². The van der Waals surface area contributed by atoms with Crippen LogP contribution in [0.3, 0.4) is 0 Å². The molecule has 2 aromatic heterocycles. The molecule has 3 aliphatic heterocycles. The van der Waals surface area contributed by atoms with Gasteiger partial charge in [-0.1, -0.05) is 0 Å². The second-order valence-electron chi connectivity index (χ2n) is 8.94. The summed E-state index contributed by atoms with van der Waals surface area (Å²) in [5.74, 6) is 0.242. The molecule has 10 heteroatoms. The number of carbonyl (C=O) groups is 2. The summed E-state index contributed by atoms with van der Waals surface area (Å²) in [6.45, 7) is 4.54. The summed E-state index contributed by atoms with van der Waals surface area (Å²) in [5.41, 5.74) is 0.899. The van der Waals surface area contributed by atoms with Crippen LogP contribution in [0.1, 0.15) is 47.5 Å². The van der Waals surface area contributed by atoms with E-state index in [0.717, 1.165) is 37.9 Å². The molecule has 2 aromatic rings. The average Bonchev–Trinajstić information content (AvgIpc) is 3.36. The number of pyridine rings is 1. The number of amides is 1. The second-order valence-corrected chi connectivity index (χ2v) is 9.31. The van der Waals surface area contributed by atoms with Crippen molar-refractivity contribution in [3.8, 4) is 0 Å². The molecule has 8 nitrogen and oxygen atoms in total. The van der Waals surface area contributed by atoms with Crippen LogP contribution in [-0.4, -0.2) is 63.7 Å². The maximum atomic E-state index is 13.5. The number of carbonyl (C=O) groups excluding carboxylic acids is 1. The van der Waals surface area contributed by atoms with Crippen molar-refractivity contribution in [1.29, 1.82) is 0 Å². The normalized spacial score (nSPS) is 24.1. The molecule has 0 spiro atoms. The summed E-state index contributed by atoms with van der Waals surface area (Å²) in [6, 6.07) is 7.18. The number of nitrogens with zero attached hydrogens (tertiary/aromatic N) is 3. The topological polar surface area (TPSA) is 96.0 Å². The number of halogens is 2. The Morgan fingerprint density at radius 3 is 2.58 bits per heavy atom. The zero-order valence-electron chi connectivity index (χ0n) is 18.4. The third kappa shape index (κ3) is 5.30. The molecule has 0 aromatic carbocycles. The highest BCUT2D eigenvalue weighted by Crippen LogP contribution is 2.36. The van der Waals surface area contributed by atoms with E-state index >= 15 is 0 Å². The van der Waals surface area contributed by atoms with Gasteiger partial charge in [-0.3, -0.25) is 19.3 Å². The van der Waals surface area contributed by atoms with Crippen LogP contribution in [0.2, 0.25) is 5.22 Å². The zero-order chi connectivity index (χ0) is 23.7. The highest BCUT2D eigenvalue weighted by Gasteiger charge is 2.36. The Labute approximate surface area is 195 Å². The van der Waals surface area contributed by atoms with Crippen molar-refractivity contribution in [3.63, 3.8) is 0 Å². The van der Waals surface area contributed by atoms with Gasteiger partial charge < -0.3 is 19.0 Å². The maximum Gasteiger partial charge on any atom is 0.300 e. The Balaban J connectivity index is 0.000000601. The molecule has 0 unspecified atom stereocenters. The van der Waals surface area contributed by atoms with Crippen LogP contribution in [0.4, 0.5) is 4.39 Å². The number of likely N-dealkylation sites (tertiary alicyclic amines) is 2. The largest absolute Gasteiger partial charge is 0.481 e. The summed E-state index contributed by atoms with van der Waals surface area (Å²) >= 11 is 5.88. The molecule has 1 N–H and O–H groups in total. The summed E-state index contributed by atoms with van der Waals surface area (Å²) in [4.78, 5) is 38.6. The molecular weight excluding hydrogens is 453 g/mol. The van der Waals surface area contributed by atoms with Gasteiger partial charge in [-0.25, -0.2) is 4.39 Å². The molecule has 3 aliphatic rings. The Bertz CT molecular complexity index is 1100. The number of carboxylic acid groups (broad SMARTS) is 1. The SMILES string of the molecule is CC(=O)O.O=C(c1ccc2n(c1=O)C[C@H]1C[C@@H]2CN(Cc2ccc(Cl)o2)C1)N1CC[C@@H](F)C1. The number of furan rings is 1. The lowest BCUT2D eigenvalue weighted by atomic mass is 9.83. The quantitative estimate of drug-likeness (QED) is 0.727. The number of rotatable bonds is 3. The second kappa shape index (κ2) is 9.69. The Morgan fingerprint density at radius 2 is 1.94 bits per heavy atom. The van der Waals surface area contributed by atoms with Gasteiger partial charge in [0.15, 0.2) is 5.22 Å².